The van der Waals surface area contributed by atoms with Crippen LogP contribution >= 0.6 is 8.60 Å². The molecule has 0 aromatic heterocycles. The maximum Gasteiger partial charge on any atom is 0.327 e. The highest BCUT2D eigenvalue weighted by molar-refractivity contribution is 7.39. The summed E-state index contributed by atoms with van der Waals surface area (Å²) in [5.74, 6) is 0. The average Bonchev–Trinajstić information content (AvgIpc) is 3.01. The molecule has 2 aromatic carbocycles. The molecule has 0 fully saturated rings. The van der Waals surface area contributed by atoms with Crippen LogP contribution in [0.1, 0.15) is 226 Å². The third-order valence-corrected chi connectivity index (χ3v) is 10.5. The van der Waals surface area contributed by atoms with E-state index >= 15 is 0 Å². The summed E-state index contributed by atoms with van der Waals surface area (Å²) < 4.78 is 4.74. The standard InChI is InChI=1S/C29H44.C18H39O3P/c1-26(2,3)22-14-20(15-23(18-22)27(4,5)6)13-21-16-24(28(7,8)9)19-25(17-21)29(10,11)12;1-2-3-4-5-6-7-8-9-10-11-12-13-14-15-16-17-18-21-22(19)20/h14-19H,13H2,1-12H3;19-20H,2-18H2,1H3. The van der Waals surface area contributed by atoms with Gasteiger partial charge in [0.05, 0.1) is 6.61 Å². The summed E-state index contributed by atoms with van der Waals surface area (Å²) in [6.07, 6.45) is 22.6. The zero-order valence-electron chi connectivity index (χ0n) is 35.9. The molecule has 0 bridgehead atoms. The smallest absolute Gasteiger partial charge is 0.327 e. The summed E-state index contributed by atoms with van der Waals surface area (Å²) in [5.41, 5.74) is 9.19. The first-order valence-electron chi connectivity index (χ1n) is 20.7. The predicted molar refractivity (Wildman–Crippen MR) is 227 cm³/mol. The molecule has 0 aliphatic rings. The second-order valence-corrected chi connectivity index (χ2v) is 20.2. The minimum atomic E-state index is -2.14. The average molecular weight is 727 g/mol. The summed E-state index contributed by atoms with van der Waals surface area (Å²) in [6.45, 7) is 30.6. The van der Waals surface area contributed by atoms with Crippen LogP contribution in [0.15, 0.2) is 36.4 Å². The molecule has 0 aliphatic heterocycles. The molecule has 294 valence electrons. The molecule has 0 aliphatic carbocycles. The predicted octanol–water partition coefficient (Wildman–Crippen LogP) is 14.9. The van der Waals surface area contributed by atoms with Gasteiger partial charge in [0.25, 0.3) is 0 Å². The highest BCUT2D eigenvalue weighted by Crippen LogP contribution is 2.34. The Hall–Kier alpha value is -1.25. The lowest BCUT2D eigenvalue weighted by molar-refractivity contribution is 0.248. The van der Waals surface area contributed by atoms with E-state index < -0.39 is 8.60 Å². The van der Waals surface area contributed by atoms with Gasteiger partial charge in [0.2, 0.25) is 0 Å². The van der Waals surface area contributed by atoms with Gasteiger partial charge in [-0.25, -0.2) is 0 Å². The number of rotatable bonds is 20. The van der Waals surface area contributed by atoms with Crippen LogP contribution in [-0.4, -0.2) is 16.4 Å². The van der Waals surface area contributed by atoms with E-state index in [0.29, 0.717) is 6.61 Å². The van der Waals surface area contributed by atoms with Gasteiger partial charge in [-0.05, 0) is 67.9 Å². The van der Waals surface area contributed by atoms with E-state index in [2.05, 4.69) is 126 Å². The van der Waals surface area contributed by atoms with E-state index in [1.807, 2.05) is 0 Å². The molecule has 51 heavy (non-hydrogen) atoms. The first-order chi connectivity index (χ1) is 23.6. The van der Waals surface area contributed by atoms with E-state index in [1.54, 1.807) is 0 Å². The third kappa shape index (κ3) is 21.9. The first-order valence-corrected chi connectivity index (χ1v) is 21.9. The van der Waals surface area contributed by atoms with Crippen molar-refractivity contribution < 1.29 is 14.3 Å². The minimum Gasteiger partial charge on any atom is -0.328 e. The fourth-order valence-corrected chi connectivity index (χ4v) is 6.64. The van der Waals surface area contributed by atoms with Crippen molar-refractivity contribution in [3.05, 3.63) is 69.8 Å². The van der Waals surface area contributed by atoms with Gasteiger partial charge >= 0.3 is 8.60 Å². The van der Waals surface area contributed by atoms with Crippen LogP contribution in [-0.2, 0) is 32.6 Å². The van der Waals surface area contributed by atoms with E-state index in [0.717, 1.165) is 19.3 Å². The van der Waals surface area contributed by atoms with Gasteiger partial charge in [-0.15, -0.1) is 0 Å². The van der Waals surface area contributed by atoms with E-state index in [9.17, 15) is 0 Å². The molecular formula is C47H83O3P. The van der Waals surface area contributed by atoms with Crippen molar-refractivity contribution in [1.82, 2.24) is 0 Å². The summed E-state index contributed by atoms with van der Waals surface area (Å²) in [7, 11) is -2.14. The summed E-state index contributed by atoms with van der Waals surface area (Å²) in [6, 6.07) is 14.5. The van der Waals surface area contributed by atoms with E-state index in [4.69, 9.17) is 14.3 Å². The van der Waals surface area contributed by atoms with Crippen LogP contribution in [0.5, 0.6) is 0 Å². The monoisotopic (exact) mass is 727 g/mol. The molecule has 2 aromatic rings. The topological polar surface area (TPSA) is 49.7 Å². The van der Waals surface area contributed by atoms with Crippen molar-refractivity contribution in [1.29, 1.82) is 0 Å². The van der Waals surface area contributed by atoms with E-state index in [-0.39, 0.29) is 21.7 Å². The molecule has 0 saturated heterocycles. The van der Waals surface area contributed by atoms with Crippen molar-refractivity contribution >= 4 is 8.60 Å². The Morgan fingerprint density at radius 3 is 0.902 bits per heavy atom. The Morgan fingerprint density at radius 2 is 0.667 bits per heavy atom. The van der Waals surface area contributed by atoms with Gasteiger partial charge in [0, 0.05) is 0 Å². The van der Waals surface area contributed by atoms with Crippen molar-refractivity contribution in [2.24, 2.45) is 0 Å². The Balaban J connectivity index is 0.000000532. The first kappa shape index (κ1) is 47.8. The molecule has 0 amide bonds. The van der Waals surface area contributed by atoms with Gasteiger partial charge < -0.3 is 14.3 Å². The lowest BCUT2D eigenvalue weighted by Crippen LogP contribution is -2.18. The largest absolute Gasteiger partial charge is 0.328 e. The molecule has 2 N–H and O–H groups in total. The van der Waals surface area contributed by atoms with Crippen molar-refractivity contribution in [3.63, 3.8) is 0 Å². The van der Waals surface area contributed by atoms with Crippen LogP contribution in [0.3, 0.4) is 0 Å². The van der Waals surface area contributed by atoms with Crippen molar-refractivity contribution in [3.8, 4) is 0 Å². The number of hydrogen-bond donors (Lipinski definition) is 2. The maximum absolute atomic E-state index is 8.58. The molecule has 0 heterocycles. The molecular weight excluding hydrogens is 643 g/mol. The summed E-state index contributed by atoms with van der Waals surface area (Å²) in [4.78, 5) is 17.2. The fourth-order valence-electron chi connectivity index (χ4n) is 6.35. The molecule has 4 heteroatoms. The fraction of sp³-hybridized carbons (Fsp3) is 0.745. The zero-order chi connectivity index (χ0) is 38.7. The highest BCUT2D eigenvalue weighted by atomic mass is 31.2. The van der Waals surface area contributed by atoms with Gasteiger partial charge in [0.1, 0.15) is 0 Å². The normalized spacial score (nSPS) is 12.7. The Kier molecular flexibility index (Phi) is 22.0. The van der Waals surface area contributed by atoms with Gasteiger partial charge in [-0.1, -0.05) is 223 Å². The summed E-state index contributed by atoms with van der Waals surface area (Å²) in [5, 5.41) is 0. The third-order valence-electron chi connectivity index (χ3n) is 10.1. The van der Waals surface area contributed by atoms with E-state index in [1.165, 1.54) is 123 Å². The lowest BCUT2D eigenvalue weighted by atomic mass is 9.77. The number of hydrogen-bond acceptors (Lipinski definition) is 3. The van der Waals surface area contributed by atoms with Crippen LogP contribution in [0.25, 0.3) is 0 Å². The lowest BCUT2D eigenvalue weighted by Gasteiger charge is -2.27. The van der Waals surface area contributed by atoms with Crippen LogP contribution in [0.2, 0.25) is 0 Å². The molecule has 0 radical (unpaired) electrons. The van der Waals surface area contributed by atoms with Crippen LogP contribution in [0, 0.1) is 0 Å². The van der Waals surface area contributed by atoms with Crippen LogP contribution in [0.4, 0.5) is 0 Å². The zero-order valence-corrected chi connectivity index (χ0v) is 36.8. The molecule has 3 nitrogen and oxygen atoms in total. The second-order valence-electron chi connectivity index (χ2n) is 19.4. The molecule has 0 saturated carbocycles. The number of benzene rings is 2. The van der Waals surface area contributed by atoms with Gasteiger partial charge in [0.15, 0.2) is 0 Å². The summed E-state index contributed by atoms with van der Waals surface area (Å²) >= 11 is 0. The highest BCUT2D eigenvalue weighted by Gasteiger charge is 2.23. The van der Waals surface area contributed by atoms with Crippen molar-refractivity contribution in [2.75, 3.05) is 6.61 Å². The molecule has 0 spiro atoms. The molecule has 0 unspecified atom stereocenters. The maximum atomic E-state index is 8.58. The number of unbranched alkanes of at least 4 members (excludes halogenated alkanes) is 15. The Labute approximate surface area is 319 Å². The van der Waals surface area contributed by atoms with Crippen LogP contribution < -0.4 is 0 Å². The van der Waals surface area contributed by atoms with Gasteiger partial charge in [-0.3, -0.25) is 0 Å². The quantitative estimate of drug-likeness (QED) is 0.105. The van der Waals surface area contributed by atoms with Gasteiger partial charge in [-0.2, -0.15) is 0 Å². The van der Waals surface area contributed by atoms with Crippen molar-refractivity contribution in [2.45, 2.75) is 221 Å². The molecule has 0 atom stereocenters. The Morgan fingerprint density at radius 1 is 0.412 bits per heavy atom. The molecule has 2 rings (SSSR count). The Bertz CT molecular complexity index is 1070. The SMILES string of the molecule is CC(C)(C)c1cc(Cc2cc(C(C)(C)C)cc(C(C)(C)C)c2)cc(C(C)(C)C)c1.CCCCCCCCCCCCCCCCCCOP(O)O. The second kappa shape index (κ2) is 23.5. The minimum absolute atomic E-state index is 0.153.